The van der Waals surface area contributed by atoms with E-state index in [9.17, 15) is 4.79 Å². The van der Waals surface area contributed by atoms with E-state index in [1.165, 1.54) is 6.33 Å². The van der Waals surface area contributed by atoms with Crippen LogP contribution in [0.3, 0.4) is 0 Å². The van der Waals surface area contributed by atoms with Gasteiger partial charge in [0.1, 0.15) is 41.2 Å². The molecule has 3 fully saturated rings. The van der Waals surface area contributed by atoms with Gasteiger partial charge in [0.05, 0.1) is 45.3 Å². The Labute approximate surface area is 346 Å². The standard InChI is InChI=1S/C24H25ClN6O2.C18H17ClN6/c1-24(9-3-10-24)33-23(32)30-11-6-17(7-12-30)31-13-8-18-21(27-15-28-22(18)31)29-20-5-4-16(26-2)14-19(20)25;1-20-12-2-3-16(15(19)10-12)24-17-14-6-9-25(18(14)23-11-22-17)13-4-7-21-8-5-13/h4-5,8,13-15,17H,3,6-7,9-12H2,1H3,(H,27,28,29);2-3,6,9-11,13,21H,4-5,7-8H2,(H,22,23,24). The third-order valence-electron chi connectivity index (χ3n) is 11.3. The number of benzene rings is 2. The molecule has 0 bridgehead atoms. The van der Waals surface area contributed by atoms with Gasteiger partial charge in [-0.1, -0.05) is 35.3 Å². The molecule has 6 aromatic rings. The molecule has 296 valence electrons. The van der Waals surface area contributed by atoms with Crippen molar-refractivity contribution < 1.29 is 9.53 Å². The molecule has 1 aliphatic carbocycles. The molecule has 2 saturated heterocycles. The van der Waals surface area contributed by atoms with Crippen molar-refractivity contribution in [3.63, 3.8) is 0 Å². The lowest BCUT2D eigenvalue weighted by atomic mass is 9.82. The van der Waals surface area contributed by atoms with Crippen LogP contribution in [-0.2, 0) is 4.74 Å². The Bertz CT molecular complexity index is 2540. The molecule has 1 saturated carbocycles. The monoisotopic (exact) mass is 816 g/mol. The zero-order valence-corrected chi connectivity index (χ0v) is 33.5. The largest absolute Gasteiger partial charge is 0.443 e. The predicted molar refractivity (Wildman–Crippen MR) is 227 cm³/mol. The summed E-state index contributed by atoms with van der Waals surface area (Å²) in [5, 5.41) is 12.7. The maximum absolute atomic E-state index is 12.5. The predicted octanol–water partition coefficient (Wildman–Crippen LogP) is 10.4. The topological polar surface area (TPSA) is 136 Å². The maximum atomic E-state index is 12.5. The minimum atomic E-state index is -0.274. The van der Waals surface area contributed by atoms with Crippen molar-refractivity contribution in [3.05, 3.63) is 106 Å². The second kappa shape index (κ2) is 16.9. The maximum Gasteiger partial charge on any atom is 0.410 e. The Morgan fingerprint density at radius 2 is 1.28 bits per heavy atom. The van der Waals surface area contributed by atoms with E-state index in [1.807, 2.05) is 30.2 Å². The third-order valence-corrected chi connectivity index (χ3v) is 11.9. The van der Waals surface area contributed by atoms with Gasteiger partial charge in [0, 0.05) is 37.6 Å². The fraction of sp³-hybridized carbons (Fsp3) is 0.357. The summed E-state index contributed by atoms with van der Waals surface area (Å²) in [7, 11) is 0. The molecule has 2 aromatic carbocycles. The first-order chi connectivity index (χ1) is 28.2. The Morgan fingerprint density at radius 1 is 0.776 bits per heavy atom. The fourth-order valence-electron chi connectivity index (χ4n) is 7.80. The van der Waals surface area contributed by atoms with Gasteiger partial charge in [-0.15, -0.1) is 0 Å². The van der Waals surface area contributed by atoms with Gasteiger partial charge < -0.3 is 34.7 Å². The van der Waals surface area contributed by atoms with Crippen LogP contribution in [0.1, 0.15) is 64.0 Å². The van der Waals surface area contributed by atoms with Crippen molar-refractivity contribution >= 4 is 85.7 Å². The normalized spacial score (nSPS) is 16.7. The molecule has 58 heavy (non-hydrogen) atoms. The number of hydrogen-bond acceptors (Lipinski definition) is 9. The molecule has 4 aromatic heterocycles. The Morgan fingerprint density at radius 3 is 1.72 bits per heavy atom. The Balaban J connectivity index is 0.000000168. The quantitative estimate of drug-likeness (QED) is 0.135. The number of nitrogens with one attached hydrogen (secondary N) is 3. The number of anilines is 4. The molecule has 1 amide bonds. The molecular formula is C42H42Cl2N12O2. The molecule has 16 heteroatoms. The highest BCUT2D eigenvalue weighted by Gasteiger charge is 2.38. The van der Waals surface area contributed by atoms with Crippen LogP contribution >= 0.6 is 23.2 Å². The summed E-state index contributed by atoms with van der Waals surface area (Å²) in [6.45, 7) is 19.6. The van der Waals surface area contributed by atoms with Crippen molar-refractivity contribution in [2.45, 2.75) is 69.6 Å². The van der Waals surface area contributed by atoms with Crippen molar-refractivity contribution in [3.8, 4) is 0 Å². The van der Waals surface area contributed by atoms with E-state index in [0.717, 1.165) is 91.6 Å². The number of ether oxygens (including phenoxy) is 1. The summed E-state index contributed by atoms with van der Waals surface area (Å²) in [5.41, 5.74) is 3.90. The zero-order chi connectivity index (χ0) is 40.2. The van der Waals surface area contributed by atoms with Crippen LogP contribution < -0.4 is 16.0 Å². The first-order valence-corrected chi connectivity index (χ1v) is 20.2. The van der Waals surface area contributed by atoms with Gasteiger partial charge in [0.2, 0.25) is 0 Å². The second-order valence-electron chi connectivity index (χ2n) is 15.0. The number of piperidine rings is 2. The van der Waals surface area contributed by atoms with Crippen LogP contribution in [0.4, 0.5) is 39.2 Å². The van der Waals surface area contributed by atoms with Gasteiger partial charge >= 0.3 is 6.09 Å². The molecule has 3 N–H and O–H groups in total. The Hall–Kier alpha value is -5.93. The number of carbonyl (C=O) groups excluding carboxylic acids is 1. The van der Waals surface area contributed by atoms with Crippen LogP contribution in [0.5, 0.6) is 0 Å². The summed E-state index contributed by atoms with van der Waals surface area (Å²) >= 11 is 12.6. The average molecular weight is 818 g/mol. The fourth-order valence-corrected chi connectivity index (χ4v) is 8.24. The van der Waals surface area contributed by atoms with Crippen molar-refractivity contribution in [1.29, 1.82) is 0 Å². The Kier molecular flexibility index (Phi) is 11.3. The number of aromatic nitrogens is 6. The second-order valence-corrected chi connectivity index (χ2v) is 15.9. The summed E-state index contributed by atoms with van der Waals surface area (Å²) in [5.74, 6) is 1.38. The molecular weight excluding hydrogens is 775 g/mol. The highest BCUT2D eigenvalue weighted by Crippen LogP contribution is 2.37. The van der Waals surface area contributed by atoms with Crippen molar-refractivity contribution in [1.82, 2.24) is 39.3 Å². The number of likely N-dealkylation sites (tertiary alicyclic amines) is 1. The summed E-state index contributed by atoms with van der Waals surface area (Å²) in [4.78, 5) is 38.9. The summed E-state index contributed by atoms with van der Waals surface area (Å²) in [6, 6.07) is 15.1. The van der Waals surface area contributed by atoms with Gasteiger partial charge in [-0.2, -0.15) is 0 Å². The van der Waals surface area contributed by atoms with Gasteiger partial charge in [-0.05, 0) is 101 Å². The first-order valence-electron chi connectivity index (χ1n) is 19.4. The number of fused-ring (bicyclic) bond motifs is 2. The molecule has 0 spiro atoms. The van der Waals surface area contributed by atoms with Gasteiger partial charge in [0.25, 0.3) is 0 Å². The van der Waals surface area contributed by atoms with E-state index in [1.54, 1.807) is 42.7 Å². The van der Waals surface area contributed by atoms with Crippen LogP contribution in [0, 0.1) is 13.1 Å². The number of rotatable bonds is 7. The molecule has 3 aliphatic rings. The molecule has 0 unspecified atom stereocenters. The van der Waals surface area contributed by atoms with E-state index in [0.29, 0.717) is 52.1 Å². The number of amides is 1. The average Bonchev–Trinajstić information content (AvgIpc) is 3.88. The van der Waals surface area contributed by atoms with E-state index in [2.05, 4.69) is 60.9 Å². The molecule has 6 heterocycles. The lowest BCUT2D eigenvalue weighted by Crippen LogP contribution is -2.46. The van der Waals surface area contributed by atoms with Crippen LogP contribution in [0.2, 0.25) is 10.0 Å². The molecule has 0 atom stereocenters. The number of carbonyl (C=O) groups is 1. The van der Waals surface area contributed by atoms with Crippen LogP contribution in [-0.4, -0.2) is 71.8 Å². The number of halogens is 2. The molecule has 0 radical (unpaired) electrons. The lowest BCUT2D eigenvalue weighted by Gasteiger charge is -2.40. The SMILES string of the molecule is [C-]#[N+]c1ccc(Nc2ncnc3c2ccn3C2CCN(C(=O)OC3(C)CCC3)CC2)c(Cl)c1.[C-]#[N+]c1ccc(Nc2ncnc3c2ccn3C2CCNCC2)c(Cl)c1. The highest BCUT2D eigenvalue weighted by atomic mass is 35.5. The van der Waals surface area contributed by atoms with Gasteiger partial charge in [0.15, 0.2) is 11.4 Å². The summed E-state index contributed by atoms with van der Waals surface area (Å²) < 4.78 is 10.1. The molecule has 14 nitrogen and oxygen atoms in total. The van der Waals surface area contributed by atoms with Crippen molar-refractivity contribution in [2.24, 2.45) is 0 Å². The minimum absolute atomic E-state index is 0.192. The summed E-state index contributed by atoms with van der Waals surface area (Å²) in [6.07, 6.45) is 13.9. The van der Waals surface area contributed by atoms with E-state index in [-0.39, 0.29) is 17.7 Å². The van der Waals surface area contributed by atoms with Gasteiger partial charge in [-0.25, -0.2) is 34.4 Å². The van der Waals surface area contributed by atoms with E-state index < -0.39 is 0 Å². The molecule has 9 rings (SSSR count). The number of nitrogens with zero attached hydrogens (tertiary/aromatic N) is 9. The van der Waals surface area contributed by atoms with Gasteiger partial charge in [-0.3, -0.25) is 0 Å². The third kappa shape index (κ3) is 8.23. The molecule has 2 aliphatic heterocycles. The number of hydrogen-bond donors (Lipinski definition) is 3. The van der Waals surface area contributed by atoms with E-state index in [4.69, 9.17) is 41.1 Å². The van der Waals surface area contributed by atoms with E-state index >= 15 is 0 Å². The van der Waals surface area contributed by atoms with Crippen molar-refractivity contribution in [2.75, 3.05) is 36.8 Å². The highest BCUT2D eigenvalue weighted by molar-refractivity contribution is 6.34. The minimum Gasteiger partial charge on any atom is -0.443 e. The van der Waals surface area contributed by atoms with Crippen LogP contribution in [0.15, 0.2) is 73.6 Å². The first kappa shape index (κ1) is 38.9. The zero-order valence-electron chi connectivity index (χ0n) is 32.0. The van der Waals surface area contributed by atoms with Crippen LogP contribution in [0.25, 0.3) is 31.8 Å². The lowest BCUT2D eigenvalue weighted by molar-refractivity contribution is -0.0502. The smallest absolute Gasteiger partial charge is 0.410 e.